The van der Waals surface area contributed by atoms with Crippen LogP contribution in [0.25, 0.3) is 0 Å². The van der Waals surface area contributed by atoms with Crippen molar-refractivity contribution >= 4 is 11.6 Å². The highest BCUT2D eigenvalue weighted by Crippen LogP contribution is 2.14. The minimum atomic E-state index is 0.444. The van der Waals surface area contributed by atoms with E-state index in [9.17, 15) is 0 Å². The first-order chi connectivity index (χ1) is 8.16. The molecule has 0 aliphatic heterocycles. The van der Waals surface area contributed by atoms with Crippen LogP contribution in [0.3, 0.4) is 0 Å². The summed E-state index contributed by atoms with van der Waals surface area (Å²) in [6, 6.07) is 8.31. The van der Waals surface area contributed by atoms with E-state index in [1.54, 1.807) is 12.4 Å². The first-order valence-corrected chi connectivity index (χ1v) is 5.50. The van der Waals surface area contributed by atoms with Gasteiger partial charge in [-0.2, -0.15) is 0 Å². The van der Waals surface area contributed by atoms with Gasteiger partial charge in [0.15, 0.2) is 0 Å². The van der Waals surface area contributed by atoms with Crippen molar-refractivity contribution in [2.75, 3.05) is 17.7 Å². The van der Waals surface area contributed by atoms with Gasteiger partial charge in [-0.25, -0.2) is 4.98 Å². The topological polar surface area (TPSA) is 55.0 Å². The molecular weight excluding hydrogens is 212 g/mol. The van der Waals surface area contributed by atoms with Crippen LogP contribution >= 0.6 is 0 Å². The molecule has 0 fully saturated rings. The molecule has 0 radical (unpaired) electrons. The fourth-order valence-corrected chi connectivity index (χ4v) is 1.68. The van der Waals surface area contributed by atoms with E-state index in [0.29, 0.717) is 5.82 Å². The Morgan fingerprint density at radius 1 is 1.24 bits per heavy atom. The van der Waals surface area contributed by atoms with E-state index in [2.05, 4.69) is 29.0 Å². The van der Waals surface area contributed by atoms with Gasteiger partial charge in [0.1, 0.15) is 11.6 Å². The minimum absolute atomic E-state index is 0.444. The zero-order chi connectivity index (χ0) is 12.3. The Kier molecular flexibility index (Phi) is 3.23. The lowest BCUT2D eigenvalue weighted by molar-refractivity contribution is 0.885. The number of hydrogen-bond donors (Lipinski definition) is 1. The second kappa shape index (κ2) is 4.82. The maximum Gasteiger partial charge on any atom is 0.149 e. The molecule has 0 spiro atoms. The average molecular weight is 228 g/mol. The highest BCUT2D eigenvalue weighted by Gasteiger charge is 2.05. The molecule has 0 saturated carbocycles. The summed E-state index contributed by atoms with van der Waals surface area (Å²) in [7, 11) is 1.98. The maximum absolute atomic E-state index is 5.62. The van der Waals surface area contributed by atoms with Crippen molar-refractivity contribution in [1.29, 1.82) is 0 Å². The molecule has 0 bridgehead atoms. The Morgan fingerprint density at radius 2 is 2.00 bits per heavy atom. The highest BCUT2D eigenvalue weighted by atomic mass is 15.2. The number of hydrogen-bond acceptors (Lipinski definition) is 4. The van der Waals surface area contributed by atoms with Crippen molar-refractivity contribution in [3.63, 3.8) is 0 Å². The standard InChI is InChI=1S/C13H16N4/c1-10-5-3-4-6-11(10)9-17(2)13-8-15-7-12(14)16-13/h3-8H,9H2,1-2H3,(H2,14,16). The van der Waals surface area contributed by atoms with Crippen LogP contribution in [0.15, 0.2) is 36.7 Å². The van der Waals surface area contributed by atoms with Gasteiger partial charge in [-0.1, -0.05) is 24.3 Å². The van der Waals surface area contributed by atoms with Crippen LogP contribution in [0.1, 0.15) is 11.1 Å². The third-order valence-corrected chi connectivity index (χ3v) is 2.70. The fraction of sp³-hybridized carbons (Fsp3) is 0.231. The Morgan fingerprint density at radius 3 is 2.71 bits per heavy atom. The molecule has 2 rings (SSSR count). The number of rotatable bonds is 3. The van der Waals surface area contributed by atoms with Crippen LogP contribution in [0, 0.1) is 6.92 Å². The van der Waals surface area contributed by atoms with E-state index < -0.39 is 0 Å². The monoisotopic (exact) mass is 228 g/mol. The summed E-state index contributed by atoms with van der Waals surface area (Å²) in [6.45, 7) is 2.90. The fourth-order valence-electron chi connectivity index (χ4n) is 1.68. The molecule has 88 valence electrons. The number of nitrogen functional groups attached to an aromatic ring is 1. The van der Waals surface area contributed by atoms with Gasteiger partial charge in [-0.15, -0.1) is 0 Å². The molecule has 0 amide bonds. The summed E-state index contributed by atoms with van der Waals surface area (Å²) < 4.78 is 0. The molecule has 4 heteroatoms. The molecule has 2 aromatic rings. The van der Waals surface area contributed by atoms with E-state index in [1.807, 2.05) is 24.1 Å². The van der Waals surface area contributed by atoms with Crippen molar-refractivity contribution in [2.24, 2.45) is 0 Å². The Bertz CT molecular complexity index is 510. The summed E-state index contributed by atoms with van der Waals surface area (Å²) in [5, 5.41) is 0. The quantitative estimate of drug-likeness (QED) is 0.873. The van der Waals surface area contributed by atoms with Crippen LogP contribution in [0.2, 0.25) is 0 Å². The first-order valence-electron chi connectivity index (χ1n) is 5.50. The normalized spacial score (nSPS) is 10.2. The van der Waals surface area contributed by atoms with Crippen LogP contribution in [-0.4, -0.2) is 17.0 Å². The molecule has 0 aliphatic carbocycles. The zero-order valence-electron chi connectivity index (χ0n) is 10.1. The van der Waals surface area contributed by atoms with E-state index in [0.717, 1.165) is 12.4 Å². The number of nitrogens with zero attached hydrogens (tertiary/aromatic N) is 3. The van der Waals surface area contributed by atoms with Crippen LogP contribution < -0.4 is 10.6 Å². The SMILES string of the molecule is Cc1ccccc1CN(C)c1cncc(N)n1. The molecule has 0 atom stereocenters. The van der Waals surface area contributed by atoms with E-state index in [-0.39, 0.29) is 0 Å². The Labute approximate surface area is 101 Å². The minimum Gasteiger partial charge on any atom is -0.382 e. The van der Waals surface area contributed by atoms with E-state index in [1.165, 1.54) is 11.1 Å². The van der Waals surface area contributed by atoms with Crippen LogP contribution in [-0.2, 0) is 6.54 Å². The van der Waals surface area contributed by atoms with Gasteiger partial charge in [-0.05, 0) is 18.1 Å². The van der Waals surface area contributed by atoms with Gasteiger partial charge in [-0.3, -0.25) is 4.98 Å². The molecule has 1 heterocycles. The summed E-state index contributed by atoms with van der Waals surface area (Å²) in [5.41, 5.74) is 8.17. The van der Waals surface area contributed by atoms with Gasteiger partial charge >= 0.3 is 0 Å². The molecule has 0 unspecified atom stereocenters. The average Bonchev–Trinajstić information content (AvgIpc) is 2.32. The van der Waals surface area contributed by atoms with Crippen LogP contribution in [0.4, 0.5) is 11.6 Å². The smallest absolute Gasteiger partial charge is 0.149 e. The summed E-state index contributed by atoms with van der Waals surface area (Å²) in [5.74, 6) is 1.23. The molecule has 2 N–H and O–H groups in total. The second-order valence-electron chi connectivity index (χ2n) is 4.08. The van der Waals surface area contributed by atoms with E-state index >= 15 is 0 Å². The third-order valence-electron chi connectivity index (χ3n) is 2.70. The number of nitrogens with two attached hydrogens (primary N) is 1. The lowest BCUT2D eigenvalue weighted by Gasteiger charge is -2.19. The Hall–Kier alpha value is -2.10. The Balaban J connectivity index is 2.17. The van der Waals surface area contributed by atoms with Gasteiger partial charge in [0, 0.05) is 13.6 Å². The van der Waals surface area contributed by atoms with Gasteiger partial charge in [0.2, 0.25) is 0 Å². The molecule has 0 aliphatic rings. The number of anilines is 2. The largest absolute Gasteiger partial charge is 0.382 e. The molecular formula is C13H16N4. The van der Waals surface area contributed by atoms with Crippen molar-refractivity contribution < 1.29 is 0 Å². The van der Waals surface area contributed by atoms with Crippen molar-refractivity contribution in [3.8, 4) is 0 Å². The molecule has 1 aromatic carbocycles. The molecule has 4 nitrogen and oxygen atoms in total. The van der Waals surface area contributed by atoms with Crippen molar-refractivity contribution in [1.82, 2.24) is 9.97 Å². The first kappa shape index (κ1) is 11.4. The van der Waals surface area contributed by atoms with Crippen molar-refractivity contribution in [3.05, 3.63) is 47.8 Å². The lowest BCUT2D eigenvalue weighted by atomic mass is 10.1. The van der Waals surface area contributed by atoms with Gasteiger partial charge < -0.3 is 10.6 Å². The highest BCUT2D eigenvalue weighted by molar-refractivity contribution is 5.42. The van der Waals surface area contributed by atoms with Gasteiger partial charge in [0.05, 0.1) is 12.4 Å². The summed E-state index contributed by atoms with van der Waals surface area (Å²) >= 11 is 0. The predicted octanol–water partition coefficient (Wildman–Crippen LogP) is 2.00. The number of aryl methyl sites for hydroxylation is 1. The zero-order valence-corrected chi connectivity index (χ0v) is 10.1. The summed E-state index contributed by atoms with van der Waals surface area (Å²) in [4.78, 5) is 10.3. The van der Waals surface area contributed by atoms with Crippen molar-refractivity contribution in [2.45, 2.75) is 13.5 Å². The summed E-state index contributed by atoms with van der Waals surface area (Å²) in [6.07, 6.45) is 3.26. The third kappa shape index (κ3) is 2.72. The van der Waals surface area contributed by atoms with Crippen LogP contribution in [0.5, 0.6) is 0 Å². The molecule has 17 heavy (non-hydrogen) atoms. The molecule has 0 saturated heterocycles. The van der Waals surface area contributed by atoms with E-state index in [4.69, 9.17) is 5.73 Å². The van der Waals surface area contributed by atoms with Gasteiger partial charge in [0.25, 0.3) is 0 Å². The predicted molar refractivity (Wildman–Crippen MR) is 69.7 cm³/mol. The second-order valence-corrected chi connectivity index (χ2v) is 4.08. The lowest BCUT2D eigenvalue weighted by Crippen LogP contribution is -2.18. The number of benzene rings is 1. The number of aromatic nitrogens is 2. The molecule has 1 aromatic heterocycles. The maximum atomic E-state index is 5.62.